The third-order valence-electron chi connectivity index (χ3n) is 3.24. The number of hydrogen-bond acceptors (Lipinski definition) is 2. The van der Waals surface area contributed by atoms with Crippen LogP contribution in [0.2, 0.25) is 0 Å². The molecule has 0 fully saturated rings. The van der Waals surface area contributed by atoms with E-state index >= 15 is 0 Å². The number of nitriles is 1. The maximum absolute atomic E-state index is 12.4. The molecule has 0 bridgehead atoms. The first-order valence-electron chi connectivity index (χ1n) is 6.44. The van der Waals surface area contributed by atoms with E-state index in [1.54, 1.807) is 13.8 Å². The highest BCUT2D eigenvalue weighted by molar-refractivity contribution is 5.90. The van der Waals surface area contributed by atoms with Gasteiger partial charge in [0, 0.05) is 5.69 Å². The van der Waals surface area contributed by atoms with E-state index in [4.69, 9.17) is 5.26 Å². The number of nitrogens with zero attached hydrogens (tertiary/aromatic N) is 1. The number of halogens is 3. The Kier molecular flexibility index (Phi) is 5.19. The summed E-state index contributed by atoms with van der Waals surface area (Å²) in [5.41, 5.74) is -1.54. The Morgan fingerprint density at radius 3 is 2.10 bits per heavy atom. The molecule has 0 atom stereocenters. The Bertz CT molecular complexity index is 528. The maximum Gasteiger partial charge on any atom is 0.416 e. The lowest BCUT2D eigenvalue weighted by molar-refractivity contribution is -0.137. The van der Waals surface area contributed by atoms with Crippen LogP contribution in [-0.2, 0) is 6.18 Å². The lowest BCUT2D eigenvalue weighted by Gasteiger charge is -2.25. The van der Waals surface area contributed by atoms with E-state index in [1.165, 1.54) is 0 Å². The largest absolute Gasteiger partial charge is 0.416 e. The minimum absolute atomic E-state index is 0.222. The lowest BCUT2D eigenvalue weighted by Crippen LogP contribution is -2.48. The van der Waals surface area contributed by atoms with Crippen molar-refractivity contribution in [2.75, 3.05) is 5.32 Å². The van der Waals surface area contributed by atoms with Crippen LogP contribution >= 0.6 is 0 Å². The molecule has 0 aromatic heterocycles. The quantitative estimate of drug-likeness (QED) is 0.885. The van der Waals surface area contributed by atoms with Gasteiger partial charge in [-0.25, -0.2) is 4.79 Å². The number of benzene rings is 1. The second-order valence-electron chi connectivity index (χ2n) is 4.56. The molecule has 0 aliphatic carbocycles. The fourth-order valence-electron chi connectivity index (χ4n) is 1.74. The molecule has 21 heavy (non-hydrogen) atoms. The number of alkyl halides is 3. The van der Waals surface area contributed by atoms with Gasteiger partial charge in [-0.05, 0) is 37.1 Å². The van der Waals surface area contributed by atoms with Gasteiger partial charge in [0.2, 0.25) is 0 Å². The summed E-state index contributed by atoms with van der Waals surface area (Å²) >= 11 is 0. The average Bonchev–Trinajstić information content (AvgIpc) is 2.44. The standard InChI is InChI=1S/C14H16F3N3O/c1-3-13(4-2,9-18)20-12(21)19-11-7-5-10(6-8-11)14(15,16)17/h5-8H,3-4H2,1-2H3,(H2,19,20,21). The molecule has 114 valence electrons. The Morgan fingerprint density at radius 2 is 1.71 bits per heavy atom. The van der Waals surface area contributed by atoms with Gasteiger partial charge in [0.15, 0.2) is 0 Å². The van der Waals surface area contributed by atoms with Crippen molar-refractivity contribution in [3.8, 4) is 6.07 Å². The van der Waals surface area contributed by atoms with Crippen molar-refractivity contribution in [2.45, 2.75) is 38.4 Å². The highest BCUT2D eigenvalue weighted by Gasteiger charge is 2.30. The Hall–Kier alpha value is -2.23. The zero-order valence-electron chi connectivity index (χ0n) is 11.7. The molecule has 0 aliphatic heterocycles. The van der Waals surface area contributed by atoms with Crippen molar-refractivity contribution in [3.05, 3.63) is 29.8 Å². The molecule has 0 aliphatic rings. The fraction of sp³-hybridized carbons (Fsp3) is 0.429. The van der Waals surface area contributed by atoms with Crippen LogP contribution < -0.4 is 10.6 Å². The van der Waals surface area contributed by atoms with Gasteiger partial charge >= 0.3 is 12.2 Å². The van der Waals surface area contributed by atoms with Gasteiger partial charge in [-0.3, -0.25) is 0 Å². The zero-order chi connectivity index (χ0) is 16.1. The second kappa shape index (κ2) is 6.48. The van der Waals surface area contributed by atoms with Crippen LogP contribution in [0.5, 0.6) is 0 Å². The Balaban J connectivity index is 2.74. The molecule has 1 aromatic carbocycles. The zero-order valence-corrected chi connectivity index (χ0v) is 11.7. The first-order chi connectivity index (χ1) is 9.76. The number of hydrogen-bond donors (Lipinski definition) is 2. The molecule has 7 heteroatoms. The normalized spacial score (nSPS) is 11.6. The van der Waals surface area contributed by atoms with Gasteiger partial charge in [0.1, 0.15) is 5.54 Å². The molecule has 1 aromatic rings. The lowest BCUT2D eigenvalue weighted by atomic mass is 9.95. The summed E-state index contributed by atoms with van der Waals surface area (Å²) in [5.74, 6) is 0. The number of anilines is 1. The summed E-state index contributed by atoms with van der Waals surface area (Å²) in [4.78, 5) is 11.8. The Labute approximate surface area is 121 Å². The van der Waals surface area contributed by atoms with Crippen molar-refractivity contribution in [3.63, 3.8) is 0 Å². The van der Waals surface area contributed by atoms with Gasteiger partial charge < -0.3 is 10.6 Å². The molecule has 4 nitrogen and oxygen atoms in total. The van der Waals surface area contributed by atoms with Gasteiger partial charge in [-0.1, -0.05) is 13.8 Å². The highest BCUT2D eigenvalue weighted by Crippen LogP contribution is 2.29. The average molecular weight is 299 g/mol. The van der Waals surface area contributed by atoms with E-state index in [2.05, 4.69) is 10.6 Å². The second-order valence-corrected chi connectivity index (χ2v) is 4.56. The van der Waals surface area contributed by atoms with Crippen LogP contribution in [0, 0.1) is 11.3 Å². The molecular formula is C14H16F3N3O. The Morgan fingerprint density at radius 1 is 1.19 bits per heavy atom. The van der Waals surface area contributed by atoms with Gasteiger partial charge in [0.05, 0.1) is 11.6 Å². The summed E-state index contributed by atoms with van der Waals surface area (Å²) in [6, 6.07) is 5.50. The highest BCUT2D eigenvalue weighted by atomic mass is 19.4. The molecule has 1 rings (SSSR count). The van der Waals surface area contributed by atoms with Gasteiger partial charge in [-0.15, -0.1) is 0 Å². The summed E-state index contributed by atoms with van der Waals surface area (Å²) in [7, 11) is 0. The number of urea groups is 1. The SMILES string of the molecule is CCC(C#N)(CC)NC(=O)Nc1ccc(C(F)(F)F)cc1. The smallest absolute Gasteiger partial charge is 0.319 e. The van der Waals surface area contributed by atoms with Gasteiger partial charge in [-0.2, -0.15) is 18.4 Å². The molecular weight excluding hydrogens is 283 g/mol. The summed E-state index contributed by atoms with van der Waals surface area (Å²) < 4.78 is 37.2. The predicted molar refractivity (Wildman–Crippen MR) is 72.5 cm³/mol. The molecule has 0 spiro atoms. The summed E-state index contributed by atoms with van der Waals surface area (Å²) in [6.07, 6.45) is -3.55. The van der Waals surface area contributed by atoms with Crippen LogP contribution in [0.1, 0.15) is 32.3 Å². The van der Waals surface area contributed by atoms with Gasteiger partial charge in [0.25, 0.3) is 0 Å². The first-order valence-corrected chi connectivity index (χ1v) is 6.44. The number of carbonyl (C=O) groups is 1. The third kappa shape index (κ3) is 4.38. The number of nitrogens with one attached hydrogen (secondary N) is 2. The molecule has 0 heterocycles. The van der Waals surface area contributed by atoms with E-state index in [1.807, 2.05) is 6.07 Å². The molecule has 0 saturated heterocycles. The van der Waals surface area contributed by atoms with Crippen LogP contribution in [0.15, 0.2) is 24.3 Å². The van der Waals surface area contributed by atoms with E-state index in [0.717, 1.165) is 24.3 Å². The molecule has 0 unspecified atom stereocenters. The van der Waals surface area contributed by atoms with Crippen molar-refractivity contribution in [2.24, 2.45) is 0 Å². The molecule has 2 N–H and O–H groups in total. The van der Waals surface area contributed by atoms with E-state index in [-0.39, 0.29) is 5.69 Å². The van der Waals surface area contributed by atoms with Crippen LogP contribution in [0.4, 0.5) is 23.7 Å². The number of amides is 2. The van der Waals surface area contributed by atoms with E-state index in [0.29, 0.717) is 12.8 Å². The molecule has 0 radical (unpaired) electrons. The monoisotopic (exact) mass is 299 g/mol. The molecule has 2 amide bonds. The minimum atomic E-state index is -4.42. The predicted octanol–water partition coefficient (Wildman–Crippen LogP) is 3.91. The van der Waals surface area contributed by atoms with E-state index < -0.39 is 23.3 Å². The minimum Gasteiger partial charge on any atom is -0.319 e. The number of carbonyl (C=O) groups excluding carboxylic acids is 1. The van der Waals surface area contributed by atoms with E-state index in [9.17, 15) is 18.0 Å². The van der Waals surface area contributed by atoms with Crippen LogP contribution in [-0.4, -0.2) is 11.6 Å². The third-order valence-corrected chi connectivity index (χ3v) is 3.24. The van der Waals surface area contributed by atoms with Crippen LogP contribution in [0.25, 0.3) is 0 Å². The summed E-state index contributed by atoms with van der Waals surface area (Å²) in [5, 5.41) is 14.0. The van der Waals surface area contributed by atoms with Crippen molar-refractivity contribution >= 4 is 11.7 Å². The first kappa shape index (κ1) is 16.8. The number of rotatable bonds is 4. The van der Waals surface area contributed by atoms with Crippen LogP contribution in [0.3, 0.4) is 0 Å². The maximum atomic E-state index is 12.4. The fourth-order valence-corrected chi connectivity index (χ4v) is 1.74. The molecule has 0 saturated carbocycles. The topological polar surface area (TPSA) is 64.9 Å². The van der Waals surface area contributed by atoms with Crippen molar-refractivity contribution in [1.82, 2.24) is 5.32 Å². The van der Waals surface area contributed by atoms with Crippen molar-refractivity contribution in [1.29, 1.82) is 5.26 Å². The summed E-state index contributed by atoms with van der Waals surface area (Å²) in [6.45, 7) is 3.54. The van der Waals surface area contributed by atoms with Crippen molar-refractivity contribution < 1.29 is 18.0 Å².